The van der Waals surface area contributed by atoms with Crippen molar-refractivity contribution < 1.29 is 38.9 Å². The first kappa shape index (κ1) is 69.9. The number of allylic oxidation sites excluding steroid dienone is 3. The van der Waals surface area contributed by atoms with Crippen molar-refractivity contribution >= 4 is 23.6 Å². The standard InChI is InChI=1S/C83H123N3O8/c1-53(2)17-15-19-55(5)70-29-31-72-68-27-25-59-47-57(33-38-80(59,7)74(68)35-40-82(70,72)9)58(48-62(87)51-85-76(89)64-21-11-12-22-65(64)77(85)90)37-43-93-45-46-94-44-42-84(50-63(88)52-86-78(91)66-23-13-14-24-67(66)79(86)92)61-34-39-81(8)60(49-61)26-28-69-73-32-30-71(56(6)20-16-18-54(3)4)83(73,10)41-36-75(69)81/h11-14,21-26,53-58,61-63,68-75,87-88H,15-20,27-52H2,1-10H3. The number of carbonyl (C=O) groups is 4. The van der Waals surface area contributed by atoms with Gasteiger partial charge in [-0.15, -0.1) is 0 Å². The highest BCUT2D eigenvalue weighted by Gasteiger charge is 2.61. The maximum absolute atomic E-state index is 13.6. The van der Waals surface area contributed by atoms with Gasteiger partial charge in [-0.1, -0.05) is 155 Å². The predicted octanol–water partition coefficient (Wildman–Crippen LogP) is 17.1. The SMILES string of the molecule is CC(C)CCCC(C)C1CCC2C3CC=C4CC(C(CCOCCOCCN(CC(O)CN5C(=O)c6ccccc6C5=O)C5CCC6(C)C(=CCC7C6CCC6(C)C(C(C)CCCC(C)C)CCC76)C5)CC(O)CN5C(=O)c6ccccc6C5=O)CCC4(C)C3CCC12C. The fourth-order valence-corrected chi connectivity index (χ4v) is 23.8. The van der Waals surface area contributed by atoms with Crippen LogP contribution in [0.5, 0.6) is 0 Å². The van der Waals surface area contributed by atoms with Gasteiger partial charge in [0.25, 0.3) is 23.6 Å². The minimum absolute atomic E-state index is 0.0137. The number of aliphatic hydroxyl groups is 2. The molecule has 19 unspecified atom stereocenters. The topological polar surface area (TPSA) is 137 Å². The molecule has 2 N–H and O–H groups in total. The minimum Gasteiger partial charge on any atom is -0.391 e. The maximum Gasteiger partial charge on any atom is 0.261 e. The molecule has 0 bridgehead atoms. The molecule has 12 rings (SSSR count). The lowest BCUT2D eigenvalue weighted by molar-refractivity contribution is -0.0571. The third-order valence-corrected chi connectivity index (χ3v) is 28.9. The van der Waals surface area contributed by atoms with Crippen LogP contribution in [0.3, 0.4) is 0 Å². The van der Waals surface area contributed by atoms with Gasteiger partial charge in [-0.2, -0.15) is 0 Å². The Bertz CT molecular complexity index is 2810. The summed E-state index contributed by atoms with van der Waals surface area (Å²) in [5, 5.41) is 23.9. The number of carbonyl (C=O) groups excluding carboxylic acids is 4. The number of benzene rings is 2. The summed E-state index contributed by atoms with van der Waals surface area (Å²) >= 11 is 0. The van der Waals surface area contributed by atoms with Gasteiger partial charge in [0, 0.05) is 25.7 Å². The average molecular weight is 1290 g/mol. The molecule has 2 aromatic carbocycles. The molecule has 2 heterocycles. The van der Waals surface area contributed by atoms with Crippen LogP contribution >= 0.6 is 0 Å². The number of amides is 4. The number of ether oxygens (including phenoxy) is 2. The van der Waals surface area contributed by atoms with Crippen molar-refractivity contribution in [2.45, 2.75) is 242 Å². The highest BCUT2D eigenvalue weighted by molar-refractivity contribution is 6.22. The summed E-state index contributed by atoms with van der Waals surface area (Å²) in [5.41, 5.74) is 6.13. The molecule has 2 aliphatic heterocycles. The van der Waals surface area contributed by atoms with E-state index in [9.17, 15) is 29.4 Å². The Hall–Kier alpha value is -4.00. The Labute approximate surface area is 567 Å². The predicted molar refractivity (Wildman–Crippen MR) is 375 cm³/mol. The number of hydrogen-bond donors (Lipinski definition) is 2. The number of β-amino-alcohol motifs (C(OH)–C–C–N with tert-alkyl or cyclic N) is 2. The summed E-state index contributed by atoms with van der Waals surface area (Å²) in [6.45, 7) is 27.9. The highest BCUT2D eigenvalue weighted by atomic mass is 16.5. The average Bonchev–Trinajstić information content (AvgIpc) is 1.39. The van der Waals surface area contributed by atoms with Crippen molar-refractivity contribution in [3.8, 4) is 0 Å². The van der Waals surface area contributed by atoms with E-state index in [1.54, 1.807) is 59.7 Å². The van der Waals surface area contributed by atoms with Crippen molar-refractivity contribution in [3.05, 3.63) is 94.1 Å². The maximum atomic E-state index is 13.6. The summed E-state index contributed by atoms with van der Waals surface area (Å²) < 4.78 is 12.9. The largest absolute Gasteiger partial charge is 0.391 e. The molecule has 2 aromatic rings. The van der Waals surface area contributed by atoms with E-state index in [0.717, 1.165) is 110 Å². The van der Waals surface area contributed by atoms with Crippen molar-refractivity contribution in [1.82, 2.24) is 14.7 Å². The van der Waals surface area contributed by atoms with Gasteiger partial charge < -0.3 is 19.7 Å². The second-order valence-electron chi connectivity index (χ2n) is 34.8. The van der Waals surface area contributed by atoms with Gasteiger partial charge in [-0.3, -0.25) is 33.9 Å². The molecule has 6 fully saturated rings. The Morgan fingerprint density at radius 3 is 1.46 bits per heavy atom. The Morgan fingerprint density at radius 1 is 0.511 bits per heavy atom. The van der Waals surface area contributed by atoms with Crippen LogP contribution in [0, 0.1) is 105 Å². The molecule has 4 amide bonds. The van der Waals surface area contributed by atoms with Gasteiger partial charge in [0.2, 0.25) is 0 Å². The normalized spacial score (nSPS) is 35.1. The molecule has 10 aliphatic rings. The zero-order chi connectivity index (χ0) is 66.4. The van der Waals surface area contributed by atoms with Crippen LogP contribution in [-0.2, 0) is 9.47 Å². The molecule has 11 nitrogen and oxygen atoms in total. The molecule has 11 heteroatoms. The number of aliphatic hydroxyl groups excluding tert-OH is 2. The van der Waals surface area contributed by atoms with Crippen molar-refractivity contribution in [2.75, 3.05) is 52.6 Å². The quantitative estimate of drug-likeness (QED) is 0.0463. The monoisotopic (exact) mass is 1290 g/mol. The van der Waals surface area contributed by atoms with E-state index >= 15 is 0 Å². The molecule has 8 aliphatic carbocycles. The first-order chi connectivity index (χ1) is 45.0. The molecule has 0 spiro atoms. The van der Waals surface area contributed by atoms with Crippen LogP contribution in [-0.4, -0.2) is 119 Å². The molecule has 518 valence electrons. The van der Waals surface area contributed by atoms with Crippen LogP contribution < -0.4 is 0 Å². The Morgan fingerprint density at radius 2 is 0.968 bits per heavy atom. The van der Waals surface area contributed by atoms with Crippen LogP contribution in [0.25, 0.3) is 0 Å². The van der Waals surface area contributed by atoms with E-state index in [1.165, 1.54) is 113 Å². The summed E-state index contributed by atoms with van der Waals surface area (Å²) in [6, 6.07) is 14.2. The Kier molecular flexibility index (Phi) is 21.6. The fraction of sp³-hybridized carbons (Fsp3) is 0.759. The van der Waals surface area contributed by atoms with Gasteiger partial charge in [0.05, 0.1) is 67.4 Å². The third-order valence-electron chi connectivity index (χ3n) is 28.9. The third kappa shape index (κ3) is 13.6. The molecule has 0 saturated heterocycles. The molecule has 19 atom stereocenters. The van der Waals surface area contributed by atoms with E-state index in [0.29, 0.717) is 90.9 Å². The minimum atomic E-state index is -0.923. The molecule has 0 aromatic heterocycles. The molecular formula is C83H123N3O8. The van der Waals surface area contributed by atoms with Gasteiger partial charge in [-0.25, -0.2) is 0 Å². The van der Waals surface area contributed by atoms with E-state index in [4.69, 9.17) is 9.47 Å². The summed E-state index contributed by atoms with van der Waals surface area (Å²) in [5.74, 6) is 8.53. The van der Waals surface area contributed by atoms with E-state index in [1.807, 2.05) is 0 Å². The summed E-state index contributed by atoms with van der Waals surface area (Å²) in [4.78, 5) is 59.1. The van der Waals surface area contributed by atoms with E-state index in [-0.39, 0.29) is 59.5 Å². The molecular weight excluding hydrogens is 1170 g/mol. The lowest BCUT2D eigenvalue weighted by atomic mass is 9.46. The number of nitrogens with zero attached hydrogens (tertiary/aromatic N) is 3. The van der Waals surface area contributed by atoms with Crippen molar-refractivity contribution in [1.29, 1.82) is 0 Å². The number of rotatable bonds is 29. The zero-order valence-electron chi connectivity index (χ0n) is 59.9. The molecule has 0 radical (unpaired) electrons. The first-order valence-electron chi connectivity index (χ1n) is 38.6. The van der Waals surface area contributed by atoms with Gasteiger partial charge in [0.15, 0.2) is 0 Å². The summed E-state index contributed by atoms with van der Waals surface area (Å²) in [6.07, 6.45) is 32.7. The fourth-order valence-electron chi connectivity index (χ4n) is 23.8. The summed E-state index contributed by atoms with van der Waals surface area (Å²) in [7, 11) is 0. The lowest BCUT2D eigenvalue weighted by Crippen LogP contribution is -2.53. The van der Waals surface area contributed by atoms with Crippen LogP contribution in [0.1, 0.15) is 265 Å². The second-order valence-corrected chi connectivity index (χ2v) is 34.8. The van der Waals surface area contributed by atoms with Crippen molar-refractivity contribution in [2.24, 2.45) is 105 Å². The van der Waals surface area contributed by atoms with Crippen LogP contribution in [0.15, 0.2) is 71.8 Å². The second kappa shape index (κ2) is 29.1. The van der Waals surface area contributed by atoms with Gasteiger partial charge >= 0.3 is 0 Å². The number of imide groups is 2. The highest BCUT2D eigenvalue weighted by Crippen LogP contribution is 2.70. The van der Waals surface area contributed by atoms with Gasteiger partial charge in [0.1, 0.15) is 0 Å². The van der Waals surface area contributed by atoms with Crippen LogP contribution in [0.4, 0.5) is 0 Å². The zero-order valence-corrected chi connectivity index (χ0v) is 59.9. The molecule has 94 heavy (non-hydrogen) atoms. The Balaban J connectivity index is 0.676. The first-order valence-corrected chi connectivity index (χ1v) is 38.6. The molecule has 6 saturated carbocycles. The van der Waals surface area contributed by atoms with Crippen LogP contribution in [0.2, 0.25) is 0 Å². The lowest BCUT2D eigenvalue weighted by Gasteiger charge is -2.59. The number of fused-ring (bicyclic) bond motifs is 12. The van der Waals surface area contributed by atoms with Gasteiger partial charge in [-0.05, 0) is 244 Å². The number of hydrogen-bond acceptors (Lipinski definition) is 9. The van der Waals surface area contributed by atoms with E-state index in [2.05, 4.69) is 86.3 Å². The smallest absolute Gasteiger partial charge is 0.261 e. The van der Waals surface area contributed by atoms with Crippen molar-refractivity contribution in [3.63, 3.8) is 0 Å². The van der Waals surface area contributed by atoms with E-state index < -0.39 is 12.2 Å².